The summed E-state index contributed by atoms with van der Waals surface area (Å²) in [6.45, 7) is 3.01. The summed E-state index contributed by atoms with van der Waals surface area (Å²) >= 11 is 0. The second-order valence-corrected chi connectivity index (χ2v) is 6.99. The molecule has 27 heavy (non-hydrogen) atoms. The normalized spacial score (nSPS) is 18.1. The van der Waals surface area contributed by atoms with Gasteiger partial charge in [0.2, 0.25) is 0 Å². The van der Waals surface area contributed by atoms with Gasteiger partial charge in [-0.1, -0.05) is 6.07 Å². The van der Waals surface area contributed by atoms with Crippen molar-refractivity contribution in [2.45, 2.75) is 32.4 Å². The minimum Gasteiger partial charge on any atom is -0.504 e. The average Bonchev–Trinajstić information content (AvgIpc) is 2.65. The van der Waals surface area contributed by atoms with E-state index < -0.39 is 0 Å². The molecule has 2 aromatic carbocycles. The van der Waals surface area contributed by atoms with Crippen molar-refractivity contribution in [3.05, 3.63) is 46.5 Å². The molecule has 2 heterocycles. The number of hydrogen-bond donors (Lipinski definition) is 1. The third-order valence-electron chi connectivity index (χ3n) is 5.46. The van der Waals surface area contributed by atoms with Crippen molar-refractivity contribution < 1.29 is 24.1 Å². The third-order valence-corrected chi connectivity index (χ3v) is 5.46. The first kappa shape index (κ1) is 17.7. The Balaban J connectivity index is 1.73. The Morgan fingerprint density at radius 2 is 1.96 bits per heavy atom. The summed E-state index contributed by atoms with van der Waals surface area (Å²) in [6, 6.07) is 7.78. The molecule has 1 N–H and O–H groups in total. The molecule has 2 aliphatic rings. The van der Waals surface area contributed by atoms with E-state index in [9.17, 15) is 9.90 Å². The van der Waals surface area contributed by atoms with Crippen LogP contribution in [0.5, 0.6) is 23.0 Å². The van der Waals surface area contributed by atoms with Crippen molar-refractivity contribution >= 4 is 5.97 Å². The van der Waals surface area contributed by atoms with Crippen LogP contribution >= 0.6 is 0 Å². The number of benzene rings is 2. The zero-order chi connectivity index (χ0) is 19.1. The van der Waals surface area contributed by atoms with Crippen molar-refractivity contribution in [1.29, 1.82) is 0 Å². The Morgan fingerprint density at radius 1 is 1.15 bits per heavy atom. The van der Waals surface area contributed by atoms with E-state index in [1.807, 2.05) is 18.2 Å². The number of rotatable bonds is 3. The predicted molar refractivity (Wildman–Crippen MR) is 99.5 cm³/mol. The number of ether oxygens (including phenoxy) is 3. The maximum Gasteiger partial charge on any atom is 0.308 e. The van der Waals surface area contributed by atoms with Crippen molar-refractivity contribution in [1.82, 2.24) is 4.90 Å². The van der Waals surface area contributed by atoms with Crippen LogP contribution in [-0.4, -0.2) is 36.7 Å². The van der Waals surface area contributed by atoms with Crippen LogP contribution in [0.2, 0.25) is 0 Å². The highest BCUT2D eigenvalue weighted by atomic mass is 16.6. The molecule has 0 fully saturated rings. The molecule has 0 bridgehead atoms. The van der Waals surface area contributed by atoms with E-state index in [-0.39, 0.29) is 17.8 Å². The van der Waals surface area contributed by atoms with E-state index in [2.05, 4.69) is 4.90 Å². The van der Waals surface area contributed by atoms with E-state index in [4.69, 9.17) is 14.2 Å². The quantitative estimate of drug-likeness (QED) is 0.663. The highest BCUT2D eigenvalue weighted by Crippen LogP contribution is 2.45. The largest absolute Gasteiger partial charge is 0.504 e. The van der Waals surface area contributed by atoms with Crippen LogP contribution in [-0.2, 0) is 24.2 Å². The van der Waals surface area contributed by atoms with Gasteiger partial charge in [-0.15, -0.1) is 0 Å². The summed E-state index contributed by atoms with van der Waals surface area (Å²) in [7, 11) is 3.17. The average molecular weight is 369 g/mol. The number of aromatic hydroxyl groups is 1. The fraction of sp³-hybridized carbons (Fsp3) is 0.381. The number of phenols is 1. The molecule has 0 amide bonds. The first-order valence-corrected chi connectivity index (χ1v) is 9.02. The van der Waals surface area contributed by atoms with Crippen molar-refractivity contribution in [2.24, 2.45) is 0 Å². The van der Waals surface area contributed by atoms with Crippen LogP contribution < -0.4 is 14.2 Å². The number of carbonyl (C=O) groups is 1. The zero-order valence-electron chi connectivity index (χ0n) is 15.7. The van der Waals surface area contributed by atoms with Crippen molar-refractivity contribution in [3.63, 3.8) is 0 Å². The maximum absolute atomic E-state index is 11.4. The topological polar surface area (TPSA) is 68.2 Å². The Kier molecular flexibility index (Phi) is 4.44. The lowest BCUT2D eigenvalue weighted by atomic mass is 9.83. The van der Waals surface area contributed by atoms with Gasteiger partial charge in [0.15, 0.2) is 23.0 Å². The van der Waals surface area contributed by atoms with Gasteiger partial charge in [0.1, 0.15) is 0 Å². The van der Waals surface area contributed by atoms with Gasteiger partial charge in [-0.3, -0.25) is 9.69 Å². The summed E-state index contributed by atoms with van der Waals surface area (Å²) < 4.78 is 16.1. The zero-order valence-corrected chi connectivity index (χ0v) is 15.7. The molecule has 2 aromatic rings. The molecule has 0 saturated carbocycles. The lowest BCUT2D eigenvalue weighted by molar-refractivity contribution is -0.132. The first-order valence-electron chi connectivity index (χ1n) is 9.02. The first-order chi connectivity index (χ1) is 13.0. The smallest absolute Gasteiger partial charge is 0.308 e. The molecule has 0 radical (unpaired) electrons. The van der Waals surface area contributed by atoms with Crippen LogP contribution in [0.15, 0.2) is 24.3 Å². The predicted octanol–water partition coefficient (Wildman–Crippen LogP) is 2.99. The molecule has 4 rings (SSSR count). The monoisotopic (exact) mass is 369 g/mol. The van der Waals surface area contributed by atoms with Gasteiger partial charge in [0, 0.05) is 31.6 Å². The number of fused-ring (bicyclic) bond motifs is 4. The van der Waals surface area contributed by atoms with Gasteiger partial charge in [-0.05, 0) is 47.7 Å². The molecule has 0 aromatic heterocycles. The molecular weight excluding hydrogens is 346 g/mol. The number of hydrogen-bond acceptors (Lipinski definition) is 6. The molecule has 6 nitrogen and oxygen atoms in total. The Bertz CT molecular complexity index is 908. The lowest BCUT2D eigenvalue weighted by Gasteiger charge is -2.42. The van der Waals surface area contributed by atoms with Gasteiger partial charge < -0.3 is 19.3 Å². The molecule has 1 unspecified atom stereocenters. The second-order valence-electron chi connectivity index (χ2n) is 6.99. The van der Waals surface area contributed by atoms with Crippen LogP contribution in [0.25, 0.3) is 0 Å². The lowest BCUT2D eigenvalue weighted by Crippen LogP contribution is -2.39. The summed E-state index contributed by atoms with van der Waals surface area (Å²) in [5, 5.41) is 10.2. The molecular formula is C21H23NO5. The van der Waals surface area contributed by atoms with Gasteiger partial charge in [0.05, 0.1) is 14.2 Å². The second kappa shape index (κ2) is 6.78. The van der Waals surface area contributed by atoms with E-state index in [0.717, 1.165) is 30.5 Å². The Hall–Kier alpha value is -2.73. The molecule has 2 aliphatic heterocycles. The van der Waals surface area contributed by atoms with Gasteiger partial charge in [0.25, 0.3) is 0 Å². The fourth-order valence-electron chi connectivity index (χ4n) is 4.24. The molecule has 142 valence electrons. The SMILES string of the molecule is COc1cc2c(cc1O)C1Cc3ccc(OC(C)=O)c(OC)c3CN1CC2. The van der Waals surface area contributed by atoms with Crippen molar-refractivity contribution in [3.8, 4) is 23.0 Å². The van der Waals surface area contributed by atoms with E-state index >= 15 is 0 Å². The summed E-state index contributed by atoms with van der Waals surface area (Å²) in [6.07, 6.45) is 1.70. The van der Waals surface area contributed by atoms with E-state index in [0.29, 0.717) is 23.8 Å². The summed E-state index contributed by atoms with van der Waals surface area (Å²) in [4.78, 5) is 13.8. The fourth-order valence-corrected chi connectivity index (χ4v) is 4.24. The molecule has 1 atom stereocenters. The van der Waals surface area contributed by atoms with E-state index in [1.165, 1.54) is 18.1 Å². The van der Waals surface area contributed by atoms with Gasteiger partial charge in [-0.2, -0.15) is 0 Å². The van der Waals surface area contributed by atoms with Crippen LogP contribution in [0, 0.1) is 0 Å². The Morgan fingerprint density at radius 3 is 2.67 bits per heavy atom. The Labute approximate surface area is 158 Å². The van der Waals surface area contributed by atoms with Gasteiger partial charge >= 0.3 is 5.97 Å². The molecule has 6 heteroatoms. The minimum absolute atomic E-state index is 0.173. The maximum atomic E-state index is 11.4. The van der Waals surface area contributed by atoms with Crippen LogP contribution in [0.1, 0.15) is 35.2 Å². The van der Waals surface area contributed by atoms with Gasteiger partial charge in [-0.25, -0.2) is 0 Å². The highest BCUT2D eigenvalue weighted by molar-refractivity contribution is 5.71. The minimum atomic E-state index is -0.363. The number of methoxy groups -OCH3 is 2. The van der Waals surface area contributed by atoms with Crippen LogP contribution in [0.3, 0.4) is 0 Å². The number of carbonyl (C=O) groups excluding carboxylic acids is 1. The summed E-state index contributed by atoms with van der Waals surface area (Å²) in [5.41, 5.74) is 4.60. The number of phenolic OH excluding ortho intramolecular Hbond substituents is 1. The van der Waals surface area contributed by atoms with Crippen LogP contribution in [0.4, 0.5) is 0 Å². The summed E-state index contributed by atoms with van der Waals surface area (Å²) in [5.74, 6) is 1.42. The molecule has 0 saturated heterocycles. The van der Waals surface area contributed by atoms with E-state index in [1.54, 1.807) is 20.3 Å². The number of esters is 1. The molecule has 0 aliphatic carbocycles. The van der Waals surface area contributed by atoms with Crippen molar-refractivity contribution in [2.75, 3.05) is 20.8 Å². The third kappa shape index (κ3) is 3.00. The highest BCUT2D eigenvalue weighted by Gasteiger charge is 2.35. The number of nitrogens with zero attached hydrogens (tertiary/aromatic N) is 1. The standard InChI is InChI=1S/C21H23NO5/c1-12(23)27-19-5-4-13-8-17-15-10-18(24)20(25-2)9-14(15)6-7-22(17)11-16(13)21(19)26-3/h4-5,9-10,17,24H,6-8,11H2,1-3H3. The molecule has 0 spiro atoms.